The SMILES string of the molecule is N[C@H](CO)Cc1c[nH]c2cccc(F)c12. The molecule has 0 bridgehead atoms. The minimum absolute atomic E-state index is 0.0961. The van der Waals surface area contributed by atoms with E-state index in [0.29, 0.717) is 11.8 Å². The van der Waals surface area contributed by atoms with E-state index in [1.807, 2.05) is 6.07 Å². The molecule has 1 heterocycles. The number of halogens is 1. The van der Waals surface area contributed by atoms with Crippen molar-refractivity contribution in [2.75, 3.05) is 6.61 Å². The van der Waals surface area contributed by atoms with E-state index in [0.717, 1.165) is 11.1 Å². The Kier molecular flexibility index (Phi) is 2.70. The molecular weight excluding hydrogens is 195 g/mol. The lowest BCUT2D eigenvalue weighted by Crippen LogP contribution is -2.26. The first-order chi connectivity index (χ1) is 7.22. The van der Waals surface area contributed by atoms with Crippen molar-refractivity contribution >= 4 is 10.9 Å². The van der Waals surface area contributed by atoms with Gasteiger partial charge in [0, 0.05) is 23.1 Å². The normalized spacial score (nSPS) is 13.3. The zero-order valence-electron chi connectivity index (χ0n) is 8.20. The molecule has 1 aromatic carbocycles. The van der Waals surface area contributed by atoms with Crippen LogP contribution < -0.4 is 5.73 Å². The lowest BCUT2D eigenvalue weighted by molar-refractivity contribution is 0.265. The number of hydrogen-bond donors (Lipinski definition) is 3. The highest BCUT2D eigenvalue weighted by Gasteiger charge is 2.10. The number of nitrogens with one attached hydrogen (secondary N) is 1. The molecule has 0 saturated heterocycles. The van der Waals surface area contributed by atoms with Gasteiger partial charge in [0.2, 0.25) is 0 Å². The van der Waals surface area contributed by atoms with E-state index in [1.165, 1.54) is 6.07 Å². The van der Waals surface area contributed by atoms with E-state index in [-0.39, 0.29) is 18.5 Å². The second-order valence-corrected chi connectivity index (χ2v) is 3.62. The Labute approximate surface area is 86.7 Å². The third kappa shape index (κ3) is 1.86. The van der Waals surface area contributed by atoms with E-state index in [9.17, 15) is 4.39 Å². The summed E-state index contributed by atoms with van der Waals surface area (Å²) in [4.78, 5) is 2.98. The Balaban J connectivity index is 2.43. The van der Waals surface area contributed by atoms with Gasteiger partial charge in [-0.15, -0.1) is 0 Å². The number of fused-ring (bicyclic) bond motifs is 1. The molecule has 1 atom stereocenters. The first-order valence-electron chi connectivity index (χ1n) is 4.83. The van der Waals surface area contributed by atoms with Gasteiger partial charge in [0.05, 0.1) is 6.61 Å². The summed E-state index contributed by atoms with van der Waals surface area (Å²) in [5.41, 5.74) is 7.19. The van der Waals surface area contributed by atoms with E-state index in [2.05, 4.69) is 4.98 Å². The number of aliphatic hydroxyl groups is 1. The Bertz CT molecular complexity index is 467. The molecule has 0 spiro atoms. The van der Waals surface area contributed by atoms with Crippen LogP contribution in [0.3, 0.4) is 0 Å². The molecule has 4 heteroatoms. The van der Waals surface area contributed by atoms with Gasteiger partial charge < -0.3 is 15.8 Å². The molecule has 0 radical (unpaired) electrons. The molecule has 80 valence electrons. The maximum Gasteiger partial charge on any atom is 0.132 e. The Morgan fingerprint density at radius 2 is 2.27 bits per heavy atom. The lowest BCUT2D eigenvalue weighted by atomic mass is 10.1. The van der Waals surface area contributed by atoms with Crippen LogP contribution in [0.25, 0.3) is 10.9 Å². The van der Waals surface area contributed by atoms with E-state index in [1.54, 1.807) is 12.3 Å². The summed E-state index contributed by atoms with van der Waals surface area (Å²) in [6.45, 7) is -0.0961. The molecule has 4 N–H and O–H groups in total. The highest BCUT2D eigenvalue weighted by atomic mass is 19.1. The van der Waals surface area contributed by atoms with Gasteiger partial charge in [-0.25, -0.2) is 4.39 Å². The van der Waals surface area contributed by atoms with Gasteiger partial charge in [0.25, 0.3) is 0 Å². The first-order valence-corrected chi connectivity index (χ1v) is 4.83. The van der Waals surface area contributed by atoms with Crippen molar-refractivity contribution < 1.29 is 9.50 Å². The standard InChI is InChI=1S/C11H13FN2O/c12-9-2-1-3-10-11(9)7(5-14-10)4-8(13)6-15/h1-3,5,8,14-15H,4,6,13H2/t8-/m0/s1. The average Bonchev–Trinajstić information content (AvgIpc) is 2.63. The quantitative estimate of drug-likeness (QED) is 0.709. The van der Waals surface area contributed by atoms with Crippen LogP contribution in [0.5, 0.6) is 0 Å². The molecule has 0 fully saturated rings. The average molecular weight is 208 g/mol. The molecule has 0 unspecified atom stereocenters. The van der Waals surface area contributed by atoms with Crippen LogP contribution in [0.1, 0.15) is 5.56 Å². The number of aromatic amines is 1. The maximum absolute atomic E-state index is 13.5. The van der Waals surface area contributed by atoms with Crippen LogP contribution in [0.4, 0.5) is 4.39 Å². The van der Waals surface area contributed by atoms with Gasteiger partial charge in [0.15, 0.2) is 0 Å². The summed E-state index contributed by atoms with van der Waals surface area (Å²) < 4.78 is 13.5. The second kappa shape index (κ2) is 4.00. The molecule has 2 aromatic rings. The van der Waals surface area contributed by atoms with Crippen LogP contribution in [-0.2, 0) is 6.42 Å². The van der Waals surface area contributed by atoms with Crippen LogP contribution in [0, 0.1) is 5.82 Å². The van der Waals surface area contributed by atoms with Gasteiger partial charge >= 0.3 is 0 Å². The van der Waals surface area contributed by atoms with Crippen LogP contribution in [0.2, 0.25) is 0 Å². The molecule has 15 heavy (non-hydrogen) atoms. The fourth-order valence-electron chi connectivity index (χ4n) is 1.72. The summed E-state index contributed by atoms with van der Waals surface area (Å²) in [6, 6.07) is 4.55. The highest BCUT2D eigenvalue weighted by molar-refractivity contribution is 5.83. The topological polar surface area (TPSA) is 62.0 Å². The maximum atomic E-state index is 13.5. The van der Waals surface area contributed by atoms with E-state index < -0.39 is 0 Å². The van der Waals surface area contributed by atoms with Crippen LogP contribution in [-0.4, -0.2) is 22.7 Å². The Hall–Kier alpha value is -1.39. The summed E-state index contributed by atoms with van der Waals surface area (Å²) >= 11 is 0. The molecule has 1 aromatic heterocycles. The summed E-state index contributed by atoms with van der Waals surface area (Å²) in [5.74, 6) is -0.256. The zero-order valence-corrected chi connectivity index (χ0v) is 8.20. The van der Waals surface area contributed by atoms with Gasteiger partial charge in [-0.3, -0.25) is 0 Å². The predicted molar refractivity (Wildman–Crippen MR) is 57.0 cm³/mol. The third-order valence-electron chi connectivity index (χ3n) is 2.45. The fraction of sp³-hybridized carbons (Fsp3) is 0.273. The van der Waals surface area contributed by atoms with Gasteiger partial charge in [-0.05, 0) is 24.1 Å². The molecular formula is C11H13FN2O. The summed E-state index contributed by atoms with van der Waals surface area (Å²) in [7, 11) is 0. The number of nitrogens with two attached hydrogens (primary N) is 1. The zero-order chi connectivity index (χ0) is 10.8. The van der Waals surface area contributed by atoms with Crippen molar-refractivity contribution in [2.24, 2.45) is 5.73 Å². The summed E-state index contributed by atoms with van der Waals surface area (Å²) in [6.07, 6.45) is 2.21. The molecule has 0 amide bonds. The largest absolute Gasteiger partial charge is 0.395 e. The van der Waals surface area contributed by atoms with Crippen molar-refractivity contribution in [1.82, 2.24) is 4.98 Å². The first kappa shape index (κ1) is 10.1. The number of aromatic nitrogens is 1. The van der Waals surface area contributed by atoms with Crippen molar-refractivity contribution in [3.63, 3.8) is 0 Å². The highest BCUT2D eigenvalue weighted by Crippen LogP contribution is 2.22. The van der Waals surface area contributed by atoms with Crippen molar-refractivity contribution in [1.29, 1.82) is 0 Å². The Morgan fingerprint density at radius 1 is 1.47 bits per heavy atom. The molecule has 0 aliphatic carbocycles. The molecule has 0 aliphatic heterocycles. The van der Waals surface area contributed by atoms with Gasteiger partial charge in [0.1, 0.15) is 5.82 Å². The summed E-state index contributed by atoms with van der Waals surface area (Å²) in [5, 5.41) is 9.42. The number of hydrogen-bond acceptors (Lipinski definition) is 2. The van der Waals surface area contributed by atoms with Crippen molar-refractivity contribution in [3.8, 4) is 0 Å². The Morgan fingerprint density at radius 3 is 3.00 bits per heavy atom. The molecule has 3 nitrogen and oxygen atoms in total. The van der Waals surface area contributed by atoms with Crippen molar-refractivity contribution in [3.05, 3.63) is 35.8 Å². The predicted octanol–water partition coefficient (Wildman–Crippen LogP) is 1.17. The van der Waals surface area contributed by atoms with Gasteiger partial charge in [-0.2, -0.15) is 0 Å². The smallest absolute Gasteiger partial charge is 0.132 e. The minimum atomic E-state index is -0.344. The number of benzene rings is 1. The van der Waals surface area contributed by atoms with Gasteiger partial charge in [-0.1, -0.05) is 6.07 Å². The number of aliphatic hydroxyl groups excluding tert-OH is 1. The second-order valence-electron chi connectivity index (χ2n) is 3.62. The van der Waals surface area contributed by atoms with Crippen LogP contribution >= 0.6 is 0 Å². The molecule has 2 rings (SSSR count). The lowest BCUT2D eigenvalue weighted by Gasteiger charge is -2.06. The van der Waals surface area contributed by atoms with Crippen LogP contribution in [0.15, 0.2) is 24.4 Å². The monoisotopic (exact) mass is 208 g/mol. The fourth-order valence-corrected chi connectivity index (χ4v) is 1.72. The number of H-pyrrole nitrogens is 1. The molecule has 0 aliphatic rings. The van der Waals surface area contributed by atoms with E-state index >= 15 is 0 Å². The third-order valence-corrected chi connectivity index (χ3v) is 2.45. The number of rotatable bonds is 3. The minimum Gasteiger partial charge on any atom is -0.395 e. The van der Waals surface area contributed by atoms with E-state index in [4.69, 9.17) is 10.8 Å². The van der Waals surface area contributed by atoms with Crippen molar-refractivity contribution in [2.45, 2.75) is 12.5 Å². The molecule has 0 saturated carbocycles.